The average molecular weight is 337 g/mol. The van der Waals surface area contributed by atoms with Crippen LogP contribution in [0, 0.1) is 0 Å². The molecule has 7 nitrogen and oxygen atoms in total. The van der Waals surface area contributed by atoms with Crippen molar-refractivity contribution in [2.24, 2.45) is 0 Å². The molecule has 1 N–H and O–H groups in total. The van der Waals surface area contributed by atoms with Crippen LogP contribution in [0.15, 0.2) is 30.3 Å². The van der Waals surface area contributed by atoms with E-state index in [2.05, 4.69) is 0 Å². The molecule has 0 bridgehead atoms. The number of hydrogen-bond acceptors (Lipinski definition) is 5. The van der Waals surface area contributed by atoms with Gasteiger partial charge in [0.15, 0.2) is 6.04 Å². The first-order valence-electron chi connectivity index (χ1n) is 7.58. The molecular formula is C17H23NO6. The normalized spacial score (nSPS) is 12.3. The van der Waals surface area contributed by atoms with Crippen molar-refractivity contribution in [2.75, 3.05) is 0 Å². The maximum Gasteiger partial charge on any atom is 0.329 e. The Bertz CT molecular complexity index is 552. The summed E-state index contributed by atoms with van der Waals surface area (Å²) in [7, 11) is 0. The third-order valence-corrected chi connectivity index (χ3v) is 2.94. The van der Waals surface area contributed by atoms with Crippen LogP contribution in [-0.2, 0) is 30.6 Å². The van der Waals surface area contributed by atoms with Crippen LogP contribution in [0.4, 0.5) is 0 Å². The van der Waals surface area contributed by atoms with Crippen LogP contribution in [0.25, 0.3) is 0 Å². The number of carbonyl (C=O) groups excluding carboxylic acids is 2. The second-order valence-electron chi connectivity index (χ2n) is 6.21. The SMILES string of the molecule is CC(C)(C)ON(C=O)[C@@H](CCC(=O)OCc1ccccc1)C(=O)O. The van der Waals surface area contributed by atoms with Gasteiger partial charge in [0.05, 0.1) is 5.60 Å². The number of ether oxygens (including phenoxy) is 1. The molecule has 1 atom stereocenters. The van der Waals surface area contributed by atoms with Gasteiger partial charge in [-0.3, -0.25) is 14.4 Å². The van der Waals surface area contributed by atoms with E-state index >= 15 is 0 Å². The molecule has 24 heavy (non-hydrogen) atoms. The van der Waals surface area contributed by atoms with Crippen molar-refractivity contribution in [3.63, 3.8) is 0 Å². The van der Waals surface area contributed by atoms with Gasteiger partial charge in [0.1, 0.15) is 6.61 Å². The topological polar surface area (TPSA) is 93.1 Å². The molecule has 0 heterocycles. The lowest BCUT2D eigenvalue weighted by atomic mass is 10.1. The van der Waals surface area contributed by atoms with Crippen LogP contribution >= 0.6 is 0 Å². The van der Waals surface area contributed by atoms with Crippen molar-refractivity contribution in [1.82, 2.24) is 5.06 Å². The summed E-state index contributed by atoms with van der Waals surface area (Å²) in [5.74, 6) is -1.78. The molecule has 0 fully saturated rings. The van der Waals surface area contributed by atoms with Crippen LogP contribution < -0.4 is 0 Å². The van der Waals surface area contributed by atoms with Crippen molar-refractivity contribution in [3.8, 4) is 0 Å². The third kappa shape index (κ3) is 7.23. The summed E-state index contributed by atoms with van der Waals surface area (Å²) in [4.78, 5) is 39.5. The number of hydroxylamine groups is 2. The molecule has 0 unspecified atom stereocenters. The Kier molecular flexibility index (Phi) is 7.38. The second-order valence-corrected chi connectivity index (χ2v) is 6.21. The van der Waals surface area contributed by atoms with E-state index in [0.717, 1.165) is 10.6 Å². The summed E-state index contributed by atoms with van der Waals surface area (Å²) in [6.45, 7) is 5.19. The summed E-state index contributed by atoms with van der Waals surface area (Å²) in [6, 6.07) is 7.89. The highest BCUT2D eigenvalue weighted by Crippen LogP contribution is 2.15. The smallest absolute Gasteiger partial charge is 0.329 e. The van der Waals surface area contributed by atoms with E-state index in [1.54, 1.807) is 20.8 Å². The number of rotatable bonds is 9. The number of carboxylic acids is 1. The van der Waals surface area contributed by atoms with Crippen LogP contribution in [0.5, 0.6) is 0 Å². The lowest BCUT2D eigenvalue weighted by Gasteiger charge is -2.30. The molecule has 0 saturated carbocycles. The molecule has 1 amide bonds. The van der Waals surface area contributed by atoms with Crippen LogP contribution in [0.3, 0.4) is 0 Å². The van der Waals surface area contributed by atoms with Gasteiger partial charge in [-0.2, -0.15) is 0 Å². The van der Waals surface area contributed by atoms with E-state index in [0.29, 0.717) is 6.41 Å². The lowest BCUT2D eigenvalue weighted by Crippen LogP contribution is -2.44. The zero-order valence-electron chi connectivity index (χ0n) is 14.1. The Morgan fingerprint density at radius 3 is 2.38 bits per heavy atom. The van der Waals surface area contributed by atoms with Gasteiger partial charge in [-0.25, -0.2) is 9.86 Å². The summed E-state index contributed by atoms with van der Waals surface area (Å²) < 4.78 is 5.09. The molecule has 0 aliphatic rings. The van der Waals surface area contributed by atoms with Gasteiger partial charge in [-0.15, -0.1) is 0 Å². The van der Waals surface area contributed by atoms with E-state index in [4.69, 9.17) is 9.57 Å². The molecule has 7 heteroatoms. The predicted octanol–water partition coefficient (Wildman–Crippen LogP) is 2.15. The van der Waals surface area contributed by atoms with Crippen molar-refractivity contribution in [2.45, 2.75) is 51.9 Å². The molecule has 1 aromatic rings. The van der Waals surface area contributed by atoms with E-state index in [1.165, 1.54) is 0 Å². The third-order valence-electron chi connectivity index (χ3n) is 2.94. The molecular weight excluding hydrogens is 314 g/mol. The summed E-state index contributed by atoms with van der Waals surface area (Å²) in [5.41, 5.74) is 0.105. The summed E-state index contributed by atoms with van der Waals surface area (Å²) in [6.07, 6.45) is 0.0682. The number of carboxylic acid groups (broad SMARTS) is 1. The molecule has 0 saturated heterocycles. The minimum atomic E-state index is -1.26. The van der Waals surface area contributed by atoms with Gasteiger partial charge < -0.3 is 9.84 Å². The predicted molar refractivity (Wildman–Crippen MR) is 85.6 cm³/mol. The van der Waals surface area contributed by atoms with Crippen molar-refractivity contribution < 1.29 is 29.1 Å². The summed E-state index contributed by atoms with van der Waals surface area (Å²) in [5, 5.41) is 9.99. The zero-order valence-corrected chi connectivity index (χ0v) is 14.1. The van der Waals surface area contributed by atoms with Crippen molar-refractivity contribution in [3.05, 3.63) is 35.9 Å². The second kappa shape index (κ2) is 9.02. The van der Waals surface area contributed by atoms with Gasteiger partial charge in [0, 0.05) is 6.42 Å². The Labute approximate surface area is 141 Å². The molecule has 132 valence electrons. The van der Waals surface area contributed by atoms with Gasteiger partial charge >= 0.3 is 11.9 Å². The minimum Gasteiger partial charge on any atom is -0.480 e. The largest absolute Gasteiger partial charge is 0.480 e. The van der Waals surface area contributed by atoms with E-state index < -0.39 is 23.6 Å². The fourth-order valence-corrected chi connectivity index (χ4v) is 1.90. The maximum atomic E-state index is 11.8. The standard InChI is InChI=1S/C17H23NO6/c1-17(2,3)24-18(12-19)14(16(21)22)9-10-15(20)23-11-13-7-5-4-6-8-13/h4-8,12,14H,9-11H2,1-3H3,(H,21,22)/t14-/m0/s1. The highest BCUT2D eigenvalue weighted by molar-refractivity contribution is 5.77. The minimum absolute atomic E-state index is 0.0994. The molecule has 0 spiro atoms. The molecule has 0 aliphatic heterocycles. The molecule has 0 radical (unpaired) electrons. The van der Waals surface area contributed by atoms with E-state index in [9.17, 15) is 19.5 Å². The number of hydrogen-bond donors (Lipinski definition) is 1. The molecule has 1 aromatic carbocycles. The van der Waals surface area contributed by atoms with Crippen molar-refractivity contribution in [1.29, 1.82) is 0 Å². The Balaban J connectivity index is 2.54. The fourth-order valence-electron chi connectivity index (χ4n) is 1.90. The first kappa shape index (κ1) is 19.6. The zero-order chi connectivity index (χ0) is 18.2. The van der Waals surface area contributed by atoms with Crippen LogP contribution in [0.2, 0.25) is 0 Å². The quantitative estimate of drug-likeness (QED) is 0.422. The highest BCUT2D eigenvalue weighted by Gasteiger charge is 2.30. The molecule has 0 aliphatic carbocycles. The monoisotopic (exact) mass is 337 g/mol. The number of carbonyl (C=O) groups is 3. The maximum absolute atomic E-state index is 11.8. The first-order valence-corrected chi connectivity index (χ1v) is 7.58. The van der Waals surface area contributed by atoms with Crippen molar-refractivity contribution >= 4 is 18.3 Å². The van der Waals surface area contributed by atoms with Gasteiger partial charge in [0.25, 0.3) is 0 Å². The number of aliphatic carboxylic acids is 1. The van der Waals surface area contributed by atoms with Crippen LogP contribution in [-0.4, -0.2) is 40.2 Å². The average Bonchev–Trinajstić information content (AvgIpc) is 2.51. The van der Waals surface area contributed by atoms with Gasteiger partial charge in [-0.05, 0) is 32.8 Å². The highest BCUT2D eigenvalue weighted by atomic mass is 16.7. The summed E-state index contributed by atoms with van der Waals surface area (Å²) >= 11 is 0. The number of esters is 1. The number of nitrogens with zero attached hydrogens (tertiary/aromatic N) is 1. The molecule has 1 rings (SSSR count). The van der Waals surface area contributed by atoms with E-state index in [1.807, 2.05) is 30.3 Å². The first-order chi connectivity index (χ1) is 11.2. The number of benzene rings is 1. The fraction of sp³-hybridized carbons (Fsp3) is 0.471. The van der Waals surface area contributed by atoms with Gasteiger partial charge in [0.2, 0.25) is 6.41 Å². The lowest BCUT2D eigenvalue weighted by molar-refractivity contribution is -0.235. The Morgan fingerprint density at radius 1 is 1.25 bits per heavy atom. The van der Waals surface area contributed by atoms with E-state index in [-0.39, 0.29) is 19.4 Å². The Morgan fingerprint density at radius 2 is 1.88 bits per heavy atom. The number of amides is 1. The van der Waals surface area contributed by atoms with Gasteiger partial charge in [-0.1, -0.05) is 30.3 Å². The van der Waals surface area contributed by atoms with Crippen LogP contribution in [0.1, 0.15) is 39.2 Å². The molecule has 0 aromatic heterocycles. The Hall–Kier alpha value is -2.41.